The largest absolute Gasteiger partial charge is 0.451 e. The molecule has 0 fully saturated rings. The van der Waals surface area contributed by atoms with Gasteiger partial charge in [-0.25, -0.2) is 9.59 Å². The highest BCUT2D eigenvalue weighted by molar-refractivity contribution is 14.1. The first-order chi connectivity index (χ1) is 15.1. The molecule has 0 spiro atoms. The Bertz CT molecular complexity index is 1250. The van der Waals surface area contributed by atoms with E-state index in [1.54, 1.807) is 6.07 Å². The second kappa shape index (κ2) is 10.6. The van der Waals surface area contributed by atoms with Crippen LogP contribution in [0, 0.1) is 20.8 Å². The zero-order valence-corrected chi connectivity index (χ0v) is 23.2. The molecule has 1 atom stereocenters. The van der Waals surface area contributed by atoms with Crippen LogP contribution in [0.3, 0.4) is 0 Å². The molecule has 0 aromatic heterocycles. The van der Waals surface area contributed by atoms with Gasteiger partial charge in [0.15, 0.2) is 6.10 Å². The fourth-order valence-electron chi connectivity index (χ4n) is 2.32. The fraction of sp³-hybridized carbons (Fsp3) is 0.176. The van der Waals surface area contributed by atoms with E-state index in [-0.39, 0.29) is 5.56 Å². The summed E-state index contributed by atoms with van der Waals surface area (Å²) in [5.41, 5.74) is -1.85. The number of benzene rings is 2. The number of nitro benzene ring substituents is 1. The number of rotatable bonds is 7. The lowest BCUT2D eigenvalue weighted by Gasteiger charge is -2.20. The number of nitrogens with zero attached hydrogens (tertiary/aromatic N) is 1. The number of carbonyl (C=O) groups is 2. The van der Waals surface area contributed by atoms with Crippen molar-refractivity contribution < 1.29 is 45.7 Å². The Balaban J connectivity index is 2.44. The maximum Gasteiger partial charge on any atom is 0.405 e. The molecule has 2 rings (SSSR count). The summed E-state index contributed by atoms with van der Waals surface area (Å²) in [5, 5.41) is 6.73. The van der Waals surface area contributed by atoms with Crippen LogP contribution >= 0.6 is 67.8 Å². The molecule has 10 nitrogen and oxygen atoms in total. The highest BCUT2D eigenvalue weighted by Crippen LogP contribution is 2.34. The minimum Gasteiger partial charge on any atom is -0.451 e. The SMILES string of the molecule is CC(OC(=O)c1cccc(OC(=O)c2cc(I)cc(I)c2I)c1[N+](=O)[O-])C(F)(F)S(=O)(=O)O. The van der Waals surface area contributed by atoms with Gasteiger partial charge in [-0.3, -0.25) is 14.7 Å². The van der Waals surface area contributed by atoms with E-state index < -0.39 is 55.3 Å². The van der Waals surface area contributed by atoms with Crippen LogP contribution in [0.2, 0.25) is 0 Å². The molecule has 178 valence electrons. The summed E-state index contributed by atoms with van der Waals surface area (Å²) in [4.78, 5) is 35.5. The van der Waals surface area contributed by atoms with Crippen LogP contribution in [0.15, 0.2) is 30.3 Å². The van der Waals surface area contributed by atoms with Gasteiger partial charge in [0.25, 0.3) is 0 Å². The third-order valence-electron chi connectivity index (χ3n) is 3.92. The lowest BCUT2D eigenvalue weighted by Crippen LogP contribution is -2.42. The summed E-state index contributed by atoms with van der Waals surface area (Å²) in [7, 11) is -5.94. The molecule has 1 N–H and O–H groups in total. The van der Waals surface area contributed by atoms with Gasteiger partial charge < -0.3 is 9.47 Å². The van der Waals surface area contributed by atoms with Crippen molar-refractivity contribution in [3.05, 3.63) is 62.3 Å². The van der Waals surface area contributed by atoms with Gasteiger partial charge in [0.05, 0.1) is 10.5 Å². The van der Waals surface area contributed by atoms with Crippen molar-refractivity contribution in [3.63, 3.8) is 0 Å². The van der Waals surface area contributed by atoms with E-state index in [1.807, 2.05) is 67.8 Å². The number of carbonyl (C=O) groups excluding carboxylic acids is 2. The zero-order valence-electron chi connectivity index (χ0n) is 15.9. The Labute approximate surface area is 225 Å². The first-order valence-electron chi connectivity index (χ1n) is 8.27. The fourth-order valence-corrected chi connectivity index (χ4v) is 5.16. The van der Waals surface area contributed by atoms with Crippen molar-refractivity contribution in [2.24, 2.45) is 0 Å². The van der Waals surface area contributed by atoms with Crippen LogP contribution in [-0.2, 0) is 14.9 Å². The van der Waals surface area contributed by atoms with Crippen molar-refractivity contribution in [1.29, 1.82) is 0 Å². The number of alkyl halides is 2. The molecular formula is C17H10F2I3NO9S. The van der Waals surface area contributed by atoms with Gasteiger partial charge in [0.2, 0.25) is 5.75 Å². The molecule has 0 aliphatic rings. The molecule has 0 saturated carbocycles. The number of para-hydroxylation sites is 1. The summed E-state index contributed by atoms with van der Waals surface area (Å²) in [6, 6.07) is 6.18. The highest BCUT2D eigenvalue weighted by atomic mass is 127. The summed E-state index contributed by atoms with van der Waals surface area (Å²) in [6.07, 6.45) is -2.69. The first-order valence-corrected chi connectivity index (χ1v) is 13.0. The van der Waals surface area contributed by atoms with Crippen molar-refractivity contribution in [2.45, 2.75) is 18.3 Å². The van der Waals surface area contributed by atoms with Crippen molar-refractivity contribution >= 4 is 95.5 Å². The van der Waals surface area contributed by atoms with Gasteiger partial charge in [0, 0.05) is 10.7 Å². The smallest absolute Gasteiger partial charge is 0.405 e. The Hall–Kier alpha value is -1.26. The summed E-state index contributed by atoms with van der Waals surface area (Å²) >= 11 is 5.83. The van der Waals surface area contributed by atoms with Crippen LogP contribution in [-0.4, -0.2) is 41.2 Å². The molecule has 2 aromatic rings. The Kier molecular flexibility index (Phi) is 8.95. The van der Waals surface area contributed by atoms with E-state index >= 15 is 0 Å². The standard InChI is InChI=1S/C17H10F2I3NO9S/c1-7(17(18,19)33(28,29)30)31-15(24)9-3-2-4-12(14(9)23(26)27)32-16(25)10-5-8(20)6-11(21)13(10)22/h2-7H,1H3,(H,28,29,30). The summed E-state index contributed by atoms with van der Waals surface area (Å²) in [6.45, 7) is 0.474. The Morgan fingerprint density at radius 2 is 1.76 bits per heavy atom. The molecule has 16 heteroatoms. The minimum atomic E-state index is -5.94. The molecule has 1 unspecified atom stereocenters. The van der Waals surface area contributed by atoms with Gasteiger partial charge in [0.1, 0.15) is 5.56 Å². The van der Waals surface area contributed by atoms with E-state index in [0.29, 0.717) is 17.6 Å². The molecule has 2 aromatic carbocycles. The third kappa shape index (κ3) is 6.25. The Morgan fingerprint density at radius 3 is 2.30 bits per heavy atom. The van der Waals surface area contributed by atoms with E-state index in [1.165, 1.54) is 6.07 Å². The number of esters is 2. The molecular weight excluding hydrogens is 813 g/mol. The molecule has 0 heterocycles. The zero-order chi connectivity index (χ0) is 25.3. The number of ether oxygens (including phenoxy) is 2. The first kappa shape index (κ1) is 28.0. The predicted molar refractivity (Wildman–Crippen MR) is 134 cm³/mol. The van der Waals surface area contributed by atoms with Crippen LogP contribution in [0.4, 0.5) is 14.5 Å². The van der Waals surface area contributed by atoms with Crippen molar-refractivity contribution in [1.82, 2.24) is 0 Å². The van der Waals surface area contributed by atoms with E-state index in [0.717, 1.165) is 18.2 Å². The Morgan fingerprint density at radius 1 is 1.15 bits per heavy atom. The summed E-state index contributed by atoms with van der Waals surface area (Å²) in [5.74, 6) is -3.34. The second-order valence-corrected chi connectivity index (χ2v) is 11.1. The number of hydrogen-bond donors (Lipinski definition) is 1. The highest BCUT2D eigenvalue weighted by Gasteiger charge is 2.52. The predicted octanol–water partition coefficient (Wildman–Crippen LogP) is 4.65. The van der Waals surface area contributed by atoms with Crippen LogP contribution in [0.1, 0.15) is 27.6 Å². The third-order valence-corrected chi connectivity index (χ3v) is 8.61. The van der Waals surface area contributed by atoms with Crippen LogP contribution < -0.4 is 4.74 Å². The average molecular weight is 823 g/mol. The topological polar surface area (TPSA) is 150 Å². The lowest BCUT2D eigenvalue weighted by molar-refractivity contribution is -0.386. The molecule has 0 bridgehead atoms. The maximum atomic E-state index is 13.7. The molecule has 0 amide bonds. The number of hydrogen-bond acceptors (Lipinski definition) is 8. The lowest BCUT2D eigenvalue weighted by atomic mass is 10.1. The van der Waals surface area contributed by atoms with Crippen LogP contribution in [0.5, 0.6) is 5.75 Å². The molecule has 0 saturated heterocycles. The van der Waals surface area contributed by atoms with Gasteiger partial charge in [-0.2, -0.15) is 17.2 Å². The summed E-state index contributed by atoms with van der Waals surface area (Å²) < 4.78 is 69.0. The van der Waals surface area contributed by atoms with Gasteiger partial charge in [-0.15, -0.1) is 0 Å². The van der Waals surface area contributed by atoms with Crippen LogP contribution in [0.25, 0.3) is 0 Å². The van der Waals surface area contributed by atoms with Crippen molar-refractivity contribution in [2.75, 3.05) is 0 Å². The number of halogens is 5. The van der Waals surface area contributed by atoms with E-state index in [4.69, 9.17) is 9.29 Å². The molecule has 0 aliphatic carbocycles. The number of nitro groups is 1. The van der Waals surface area contributed by atoms with E-state index in [9.17, 15) is 36.9 Å². The average Bonchev–Trinajstić information content (AvgIpc) is 2.69. The minimum absolute atomic E-state index is 0.0931. The van der Waals surface area contributed by atoms with E-state index in [2.05, 4.69) is 4.74 Å². The van der Waals surface area contributed by atoms with Gasteiger partial charge in [-0.05, 0) is 99.0 Å². The van der Waals surface area contributed by atoms with Crippen molar-refractivity contribution in [3.8, 4) is 5.75 Å². The molecule has 0 aliphatic heterocycles. The quantitative estimate of drug-likeness (QED) is 0.0801. The normalized spacial score (nSPS) is 12.7. The second-order valence-electron chi connectivity index (χ2n) is 6.13. The molecule has 0 radical (unpaired) electrons. The maximum absolute atomic E-state index is 13.7. The van der Waals surface area contributed by atoms with Gasteiger partial charge in [-0.1, -0.05) is 6.07 Å². The molecule has 33 heavy (non-hydrogen) atoms. The van der Waals surface area contributed by atoms with Gasteiger partial charge >= 0.3 is 33.0 Å². The monoisotopic (exact) mass is 823 g/mol.